The Morgan fingerprint density at radius 2 is 1.83 bits per heavy atom. The maximum atomic E-state index is 11.6. The van der Waals surface area contributed by atoms with Crippen LogP contribution in [-0.4, -0.2) is 35.5 Å². The lowest BCUT2D eigenvalue weighted by Crippen LogP contribution is -2.68. The quantitative estimate of drug-likeness (QED) is 0.577. The minimum atomic E-state index is -0.420. The highest BCUT2D eigenvalue weighted by molar-refractivity contribution is 5.86. The third kappa shape index (κ3) is 1.61. The molecule has 70 valence electrons. The van der Waals surface area contributed by atoms with Crippen molar-refractivity contribution in [2.45, 2.75) is 38.8 Å². The van der Waals surface area contributed by atoms with Crippen LogP contribution in [0.1, 0.15) is 27.7 Å². The molecule has 1 heterocycles. The molecule has 12 heavy (non-hydrogen) atoms. The van der Waals surface area contributed by atoms with Crippen LogP contribution in [0.5, 0.6) is 0 Å². The molecule has 0 aromatic rings. The second kappa shape index (κ2) is 2.46. The van der Waals surface area contributed by atoms with E-state index in [1.165, 1.54) is 0 Å². The highest BCUT2D eigenvalue weighted by Gasteiger charge is 2.41. The Bertz CT molecular complexity index is 209. The molecule has 3 nitrogen and oxygen atoms in total. The fourth-order valence-corrected chi connectivity index (χ4v) is 2.08. The summed E-state index contributed by atoms with van der Waals surface area (Å²) in [6, 6.07) is 0. The SMILES string of the molecule is CN1CC(C)(C)NC(C)(C)C1=O. The van der Waals surface area contributed by atoms with Crippen LogP contribution in [0.25, 0.3) is 0 Å². The number of carbonyl (C=O) groups is 1. The van der Waals surface area contributed by atoms with Crippen LogP contribution in [0.2, 0.25) is 0 Å². The third-order valence-corrected chi connectivity index (χ3v) is 2.16. The summed E-state index contributed by atoms with van der Waals surface area (Å²) in [7, 11) is 1.85. The largest absolute Gasteiger partial charge is 0.342 e. The van der Waals surface area contributed by atoms with Gasteiger partial charge < -0.3 is 4.90 Å². The molecule has 1 saturated heterocycles. The van der Waals surface area contributed by atoms with Crippen molar-refractivity contribution >= 4 is 5.91 Å². The average Bonchev–Trinajstić information content (AvgIpc) is 1.79. The molecule has 1 fully saturated rings. The van der Waals surface area contributed by atoms with Gasteiger partial charge >= 0.3 is 0 Å². The number of nitrogens with zero attached hydrogens (tertiary/aromatic N) is 1. The Morgan fingerprint density at radius 3 is 2.25 bits per heavy atom. The van der Waals surface area contributed by atoms with Crippen LogP contribution in [-0.2, 0) is 4.79 Å². The normalized spacial score (nSPS) is 27.4. The molecule has 1 aliphatic heterocycles. The lowest BCUT2D eigenvalue weighted by molar-refractivity contribution is -0.141. The van der Waals surface area contributed by atoms with Gasteiger partial charge in [-0.1, -0.05) is 0 Å². The van der Waals surface area contributed by atoms with Crippen molar-refractivity contribution in [3.05, 3.63) is 0 Å². The fourth-order valence-electron chi connectivity index (χ4n) is 2.08. The zero-order valence-corrected chi connectivity index (χ0v) is 8.56. The maximum Gasteiger partial charge on any atom is 0.242 e. The number of likely N-dealkylation sites (N-methyl/N-ethyl adjacent to an activating group) is 1. The number of piperazine rings is 1. The van der Waals surface area contributed by atoms with Gasteiger partial charge in [0.1, 0.15) is 0 Å². The highest BCUT2D eigenvalue weighted by atomic mass is 16.2. The first kappa shape index (κ1) is 9.52. The first-order chi connectivity index (χ1) is 5.25. The lowest BCUT2D eigenvalue weighted by atomic mass is 9.91. The molecule has 1 rings (SSSR count). The average molecular weight is 170 g/mol. The molecule has 1 N–H and O–H groups in total. The predicted octanol–water partition coefficient (Wildman–Crippen LogP) is 0.605. The Labute approximate surface area is 74.1 Å². The van der Waals surface area contributed by atoms with Crippen LogP contribution < -0.4 is 5.32 Å². The van der Waals surface area contributed by atoms with E-state index in [2.05, 4.69) is 19.2 Å². The number of hydrogen-bond acceptors (Lipinski definition) is 2. The Hall–Kier alpha value is -0.570. The van der Waals surface area contributed by atoms with Gasteiger partial charge in [0, 0.05) is 19.1 Å². The van der Waals surface area contributed by atoms with Crippen molar-refractivity contribution < 1.29 is 4.79 Å². The van der Waals surface area contributed by atoms with Crippen LogP contribution in [0.15, 0.2) is 0 Å². The smallest absolute Gasteiger partial charge is 0.242 e. The van der Waals surface area contributed by atoms with Gasteiger partial charge in [-0.15, -0.1) is 0 Å². The summed E-state index contributed by atoms with van der Waals surface area (Å²) < 4.78 is 0. The summed E-state index contributed by atoms with van der Waals surface area (Å²) in [6.07, 6.45) is 0. The Morgan fingerprint density at radius 1 is 1.33 bits per heavy atom. The van der Waals surface area contributed by atoms with Gasteiger partial charge in [0.25, 0.3) is 0 Å². The molecule has 0 spiro atoms. The maximum absolute atomic E-state index is 11.6. The van der Waals surface area contributed by atoms with E-state index in [0.717, 1.165) is 6.54 Å². The first-order valence-electron chi connectivity index (χ1n) is 4.29. The lowest BCUT2D eigenvalue weighted by Gasteiger charge is -2.45. The summed E-state index contributed by atoms with van der Waals surface area (Å²) >= 11 is 0. The minimum absolute atomic E-state index is 0.0200. The van der Waals surface area contributed by atoms with Gasteiger partial charge in [-0.2, -0.15) is 0 Å². The van der Waals surface area contributed by atoms with E-state index in [-0.39, 0.29) is 11.4 Å². The summed E-state index contributed by atoms with van der Waals surface area (Å²) in [4.78, 5) is 13.4. The second-order valence-electron chi connectivity index (χ2n) is 4.80. The van der Waals surface area contributed by atoms with Gasteiger partial charge in [-0.3, -0.25) is 10.1 Å². The van der Waals surface area contributed by atoms with E-state index in [4.69, 9.17) is 0 Å². The van der Waals surface area contributed by atoms with Crippen molar-refractivity contribution in [1.29, 1.82) is 0 Å². The summed E-state index contributed by atoms with van der Waals surface area (Å²) in [6.45, 7) is 8.84. The van der Waals surface area contributed by atoms with Gasteiger partial charge in [-0.25, -0.2) is 0 Å². The second-order valence-corrected chi connectivity index (χ2v) is 4.80. The van der Waals surface area contributed by atoms with Gasteiger partial charge in [0.15, 0.2) is 0 Å². The van der Waals surface area contributed by atoms with Crippen molar-refractivity contribution in [3.63, 3.8) is 0 Å². The Kier molecular flexibility index (Phi) is 1.95. The molecular formula is C9H18N2O. The third-order valence-electron chi connectivity index (χ3n) is 2.16. The van der Waals surface area contributed by atoms with E-state index >= 15 is 0 Å². The fraction of sp³-hybridized carbons (Fsp3) is 0.889. The number of rotatable bonds is 0. The summed E-state index contributed by atoms with van der Waals surface area (Å²) in [5.74, 6) is 0.168. The van der Waals surface area contributed by atoms with Crippen LogP contribution >= 0.6 is 0 Å². The molecule has 0 saturated carbocycles. The summed E-state index contributed by atoms with van der Waals surface area (Å²) in [5.41, 5.74) is -0.400. The zero-order chi connectivity index (χ0) is 9.57. The van der Waals surface area contributed by atoms with Gasteiger partial charge in [0.05, 0.1) is 5.54 Å². The number of nitrogens with one attached hydrogen (secondary N) is 1. The predicted molar refractivity (Wildman–Crippen MR) is 48.9 cm³/mol. The number of carbonyl (C=O) groups excluding carboxylic acids is 1. The zero-order valence-electron chi connectivity index (χ0n) is 8.56. The van der Waals surface area contributed by atoms with Crippen LogP contribution in [0.3, 0.4) is 0 Å². The first-order valence-corrected chi connectivity index (χ1v) is 4.29. The molecular weight excluding hydrogens is 152 g/mol. The van der Waals surface area contributed by atoms with Crippen molar-refractivity contribution in [2.75, 3.05) is 13.6 Å². The minimum Gasteiger partial charge on any atom is -0.342 e. The van der Waals surface area contributed by atoms with E-state index in [9.17, 15) is 4.79 Å². The highest BCUT2D eigenvalue weighted by Crippen LogP contribution is 2.20. The number of hydrogen-bond donors (Lipinski definition) is 1. The molecule has 1 amide bonds. The van der Waals surface area contributed by atoms with Gasteiger partial charge in [-0.05, 0) is 27.7 Å². The standard InChI is InChI=1S/C9H18N2O/c1-8(2)6-11(5)7(12)9(3,4)10-8/h10H,6H2,1-5H3. The molecule has 0 aliphatic carbocycles. The van der Waals surface area contributed by atoms with Crippen LogP contribution in [0, 0.1) is 0 Å². The van der Waals surface area contributed by atoms with E-state index < -0.39 is 5.54 Å². The van der Waals surface area contributed by atoms with E-state index in [1.54, 1.807) is 4.90 Å². The van der Waals surface area contributed by atoms with E-state index in [1.807, 2.05) is 20.9 Å². The molecule has 0 unspecified atom stereocenters. The molecule has 0 radical (unpaired) electrons. The molecule has 0 aromatic carbocycles. The molecule has 0 bridgehead atoms. The topological polar surface area (TPSA) is 32.3 Å². The van der Waals surface area contributed by atoms with Crippen molar-refractivity contribution in [1.82, 2.24) is 10.2 Å². The monoisotopic (exact) mass is 170 g/mol. The molecule has 1 aliphatic rings. The molecule has 0 aromatic heterocycles. The molecule has 3 heteroatoms. The van der Waals surface area contributed by atoms with Gasteiger partial charge in [0.2, 0.25) is 5.91 Å². The van der Waals surface area contributed by atoms with Crippen molar-refractivity contribution in [3.8, 4) is 0 Å². The van der Waals surface area contributed by atoms with Crippen LogP contribution in [0.4, 0.5) is 0 Å². The van der Waals surface area contributed by atoms with E-state index in [0.29, 0.717) is 0 Å². The van der Waals surface area contributed by atoms with Crippen molar-refractivity contribution in [2.24, 2.45) is 0 Å². The number of amides is 1. The Balaban J connectivity index is 2.87. The summed E-state index contributed by atoms with van der Waals surface area (Å²) in [5, 5.41) is 3.32. The molecule has 0 atom stereocenters.